The lowest BCUT2D eigenvalue weighted by atomic mass is 10.1. The highest BCUT2D eigenvalue weighted by Crippen LogP contribution is 2.34. The summed E-state index contributed by atoms with van der Waals surface area (Å²) in [4.78, 5) is 25.8. The second kappa shape index (κ2) is 11.9. The monoisotopic (exact) mass is 651 g/mol. The molecule has 7 nitrogen and oxygen atoms in total. The van der Waals surface area contributed by atoms with Crippen molar-refractivity contribution in [2.24, 2.45) is 5.10 Å². The number of amides is 1. The second-order valence-electron chi connectivity index (χ2n) is 8.69. The molecule has 196 valence electrons. The first-order valence-corrected chi connectivity index (χ1v) is 13.5. The van der Waals surface area contributed by atoms with Crippen LogP contribution in [-0.2, 0) is 17.9 Å². The van der Waals surface area contributed by atoms with Crippen molar-refractivity contribution in [3.8, 4) is 11.5 Å². The Hall–Kier alpha value is -3.89. The van der Waals surface area contributed by atoms with Crippen LogP contribution in [0.1, 0.15) is 11.1 Å². The van der Waals surface area contributed by atoms with Gasteiger partial charge >= 0.3 is 0 Å². The number of methoxy groups -OCH3 is 1. The summed E-state index contributed by atoms with van der Waals surface area (Å²) in [6.45, 7) is 0.359. The summed E-state index contributed by atoms with van der Waals surface area (Å²) in [5.74, 6) is 0.843. The normalized spacial score (nSPS) is 11.3. The Balaban J connectivity index is 1.32. The van der Waals surface area contributed by atoms with Crippen LogP contribution < -0.4 is 20.3 Å². The first kappa shape index (κ1) is 26.7. The maximum Gasteiger partial charge on any atom is 0.260 e. The van der Waals surface area contributed by atoms with Gasteiger partial charge in [-0.3, -0.25) is 9.59 Å². The number of nitrogens with one attached hydrogen (secondary N) is 1. The lowest BCUT2D eigenvalue weighted by Crippen LogP contribution is -2.25. The van der Waals surface area contributed by atoms with E-state index in [1.54, 1.807) is 31.5 Å². The van der Waals surface area contributed by atoms with Crippen molar-refractivity contribution < 1.29 is 14.3 Å². The molecule has 0 aliphatic heterocycles. The van der Waals surface area contributed by atoms with Gasteiger partial charge < -0.3 is 14.0 Å². The van der Waals surface area contributed by atoms with E-state index >= 15 is 0 Å². The first-order chi connectivity index (χ1) is 18.9. The quantitative estimate of drug-likeness (QED) is 0.0945. The van der Waals surface area contributed by atoms with Gasteiger partial charge in [0.25, 0.3) is 5.91 Å². The number of rotatable bonds is 8. The third-order valence-corrected chi connectivity index (χ3v) is 7.19. The number of hydrogen-bond donors (Lipinski definition) is 1. The molecule has 0 aliphatic rings. The highest BCUT2D eigenvalue weighted by Gasteiger charge is 2.14. The van der Waals surface area contributed by atoms with Crippen molar-refractivity contribution in [1.29, 1.82) is 0 Å². The molecule has 1 amide bonds. The smallest absolute Gasteiger partial charge is 0.260 e. The zero-order chi connectivity index (χ0) is 27.4. The minimum Gasteiger partial charge on any atom is -0.493 e. The van der Waals surface area contributed by atoms with Crippen molar-refractivity contribution in [2.75, 3.05) is 7.11 Å². The molecular formula is C30H23ClIN3O4. The number of pyridine rings is 1. The number of ether oxygens (including phenoxy) is 2. The molecule has 1 N–H and O–H groups in total. The van der Waals surface area contributed by atoms with Crippen LogP contribution in [0.25, 0.3) is 21.8 Å². The van der Waals surface area contributed by atoms with Gasteiger partial charge in [0, 0.05) is 15.8 Å². The van der Waals surface area contributed by atoms with E-state index in [0.717, 1.165) is 14.7 Å². The van der Waals surface area contributed by atoms with E-state index in [4.69, 9.17) is 21.1 Å². The van der Waals surface area contributed by atoms with E-state index in [1.165, 1.54) is 0 Å². The Bertz CT molecular complexity index is 1710. The molecule has 5 rings (SSSR count). The number of hydrazone groups is 1. The molecule has 0 spiro atoms. The van der Waals surface area contributed by atoms with E-state index in [0.29, 0.717) is 44.9 Å². The number of nitrogens with zero attached hydrogens (tertiary/aromatic N) is 2. The predicted octanol–water partition coefficient (Wildman–Crippen LogP) is 6.15. The maximum atomic E-state index is 12.9. The minimum atomic E-state index is -0.324. The summed E-state index contributed by atoms with van der Waals surface area (Å²) in [6, 6.07) is 25.7. The average Bonchev–Trinajstić information content (AvgIpc) is 2.95. The minimum absolute atomic E-state index is 0.00300. The maximum absolute atomic E-state index is 12.9. The molecule has 9 heteroatoms. The van der Waals surface area contributed by atoms with E-state index in [9.17, 15) is 9.59 Å². The van der Waals surface area contributed by atoms with Crippen molar-refractivity contribution in [2.45, 2.75) is 13.2 Å². The number of halogens is 2. The highest BCUT2D eigenvalue weighted by atomic mass is 127. The Kier molecular flexibility index (Phi) is 8.13. The second-order valence-corrected chi connectivity index (χ2v) is 10.3. The van der Waals surface area contributed by atoms with Gasteiger partial charge in [-0.2, -0.15) is 5.10 Å². The molecule has 0 aliphatic carbocycles. The van der Waals surface area contributed by atoms with E-state index < -0.39 is 0 Å². The molecule has 39 heavy (non-hydrogen) atoms. The Morgan fingerprint density at radius 3 is 2.28 bits per heavy atom. The fourth-order valence-corrected chi connectivity index (χ4v) is 5.20. The topological polar surface area (TPSA) is 81.9 Å². The molecule has 5 aromatic rings. The SMILES string of the molecule is COc1cc(/C=N\NC(=O)Cn2c3ccccc3c(=O)c3ccccc32)cc(I)c1OCc1ccc(Cl)cc1. The van der Waals surface area contributed by atoms with Gasteiger partial charge in [0.1, 0.15) is 13.2 Å². The van der Waals surface area contributed by atoms with Crippen molar-refractivity contribution >= 4 is 68.1 Å². The van der Waals surface area contributed by atoms with Crippen molar-refractivity contribution in [3.63, 3.8) is 0 Å². The van der Waals surface area contributed by atoms with E-state index in [1.807, 2.05) is 71.3 Å². The van der Waals surface area contributed by atoms with Crippen LogP contribution in [0, 0.1) is 3.57 Å². The predicted molar refractivity (Wildman–Crippen MR) is 163 cm³/mol. The van der Waals surface area contributed by atoms with Crippen molar-refractivity contribution in [3.05, 3.63) is 115 Å². The summed E-state index contributed by atoms with van der Waals surface area (Å²) in [5, 5.41) is 5.95. The molecule has 0 unspecified atom stereocenters. The fourth-order valence-electron chi connectivity index (χ4n) is 4.30. The standard InChI is InChI=1S/C30H23ClIN3O4/c1-38-27-15-20(14-24(32)30(27)39-18-19-10-12-21(31)13-11-19)16-33-34-28(36)17-35-25-8-4-2-6-22(25)29(37)23-7-3-5-9-26(23)35/h2-16H,17-18H2,1H3,(H,34,36)/b33-16-. The lowest BCUT2D eigenvalue weighted by molar-refractivity contribution is -0.121. The van der Waals surface area contributed by atoms with Crippen molar-refractivity contribution in [1.82, 2.24) is 9.99 Å². The Labute approximate surface area is 243 Å². The van der Waals surface area contributed by atoms with E-state index in [-0.39, 0.29) is 17.9 Å². The van der Waals surface area contributed by atoms with Gasteiger partial charge in [0.2, 0.25) is 0 Å². The summed E-state index contributed by atoms with van der Waals surface area (Å²) < 4.78 is 14.2. The Morgan fingerprint density at radius 1 is 1.00 bits per heavy atom. The highest BCUT2D eigenvalue weighted by molar-refractivity contribution is 14.1. The largest absolute Gasteiger partial charge is 0.493 e. The molecule has 0 saturated heterocycles. The third-order valence-electron chi connectivity index (χ3n) is 6.13. The first-order valence-electron chi connectivity index (χ1n) is 12.0. The zero-order valence-corrected chi connectivity index (χ0v) is 23.8. The molecule has 0 fully saturated rings. The number of para-hydroxylation sites is 2. The molecule has 1 heterocycles. The molecule has 0 saturated carbocycles. The van der Waals surface area contributed by atoms with Gasteiger partial charge in [-0.25, -0.2) is 5.43 Å². The molecule has 0 bridgehead atoms. The summed E-state index contributed by atoms with van der Waals surface area (Å²) in [7, 11) is 1.57. The van der Waals surface area contributed by atoms with Gasteiger partial charge in [0.15, 0.2) is 16.9 Å². The molecule has 4 aromatic carbocycles. The number of hydrogen-bond acceptors (Lipinski definition) is 5. The fraction of sp³-hybridized carbons (Fsp3) is 0.100. The number of aromatic nitrogens is 1. The van der Waals surface area contributed by atoms with Gasteiger partial charge in [0.05, 0.1) is 27.9 Å². The van der Waals surface area contributed by atoms with Crippen LogP contribution in [-0.4, -0.2) is 23.8 Å². The van der Waals surface area contributed by atoms with Crippen LogP contribution in [0.4, 0.5) is 0 Å². The van der Waals surface area contributed by atoms with Gasteiger partial charge in [-0.05, 0) is 82.2 Å². The van der Waals surface area contributed by atoms with Gasteiger partial charge in [-0.15, -0.1) is 0 Å². The van der Waals surface area contributed by atoms with Crippen LogP contribution in [0.3, 0.4) is 0 Å². The van der Waals surface area contributed by atoms with Crippen LogP contribution in [0.2, 0.25) is 5.02 Å². The zero-order valence-electron chi connectivity index (χ0n) is 20.9. The number of benzene rings is 4. The van der Waals surface area contributed by atoms with Crippen LogP contribution in [0.5, 0.6) is 11.5 Å². The van der Waals surface area contributed by atoms with Crippen LogP contribution >= 0.6 is 34.2 Å². The summed E-state index contributed by atoms with van der Waals surface area (Å²) >= 11 is 8.14. The van der Waals surface area contributed by atoms with Crippen LogP contribution in [0.15, 0.2) is 94.8 Å². The van der Waals surface area contributed by atoms with E-state index in [2.05, 4.69) is 33.1 Å². The third kappa shape index (κ3) is 5.91. The summed E-state index contributed by atoms with van der Waals surface area (Å²) in [5.41, 5.74) is 5.63. The average molecular weight is 652 g/mol. The van der Waals surface area contributed by atoms with Gasteiger partial charge in [-0.1, -0.05) is 48.0 Å². The number of fused-ring (bicyclic) bond motifs is 2. The molecule has 1 aromatic heterocycles. The number of carbonyl (C=O) groups is 1. The Morgan fingerprint density at radius 2 is 1.64 bits per heavy atom. The summed E-state index contributed by atoms with van der Waals surface area (Å²) in [6.07, 6.45) is 1.55. The number of carbonyl (C=O) groups excluding carboxylic acids is 1. The molecular weight excluding hydrogens is 629 g/mol. The molecule has 0 radical (unpaired) electrons. The molecule has 0 atom stereocenters. The lowest BCUT2D eigenvalue weighted by Gasteiger charge is -2.14.